The van der Waals surface area contributed by atoms with Crippen LogP contribution in [-0.4, -0.2) is 31.3 Å². The van der Waals surface area contributed by atoms with E-state index in [-0.39, 0.29) is 0 Å². The lowest BCUT2D eigenvalue weighted by Gasteiger charge is -2.26. The molecule has 5 heteroatoms. The minimum absolute atomic E-state index is 0.633. The van der Waals surface area contributed by atoms with Crippen LogP contribution in [0.2, 0.25) is 0 Å². The van der Waals surface area contributed by atoms with E-state index in [1.807, 2.05) is 0 Å². The molecule has 1 aliphatic carbocycles. The summed E-state index contributed by atoms with van der Waals surface area (Å²) in [5, 5.41) is 1.14. The largest absolute Gasteiger partial charge is 0.378 e. The summed E-state index contributed by atoms with van der Waals surface area (Å²) >= 11 is 1.77. The van der Waals surface area contributed by atoms with Gasteiger partial charge in [0.05, 0.1) is 18.9 Å². The molecule has 0 radical (unpaired) electrons. The molecule has 1 aromatic rings. The van der Waals surface area contributed by atoms with Gasteiger partial charge in [-0.05, 0) is 12.8 Å². The van der Waals surface area contributed by atoms with Crippen molar-refractivity contribution in [3.8, 4) is 0 Å². The summed E-state index contributed by atoms with van der Waals surface area (Å²) in [7, 11) is 0. The third kappa shape index (κ3) is 1.95. The molecule has 1 saturated carbocycles. The van der Waals surface area contributed by atoms with Crippen molar-refractivity contribution >= 4 is 16.5 Å². The Morgan fingerprint density at radius 3 is 2.75 bits per heavy atom. The predicted octanol–water partition coefficient (Wildman–Crippen LogP) is 1.32. The highest BCUT2D eigenvalue weighted by Gasteiger charge is 2.30. The number of aromatic nitrogens is 1. The highest BCUT2D eigenvalue weighted by Crippen LogP contribution is 2.44. The molecule has 0 unspecified atom stereocenters. The van der Waals surface area contributed by atoms with E-state index >= 15 is 0 Å². The lowest BCUT2D eigenvalue weighted by Crippen LogP contribution is -2.36. The molecule has 16 heavy (non-hydrogen) atoms. The van der Waals surface area contributed by atoms with Gasteiger partial charge in [-0.25, -0.2) is 4.98 Å². The van der Waals surface area contributed by atoms with Crippen LogP contribution in [0.1, 0.15) is 29.3 Å². The zero-order valence-electron chi connectivity index (χ0n) is 9.32. The van der Waals surface area contributed by atoms with Crippen molar-refractivity contribution in [3.05, 3.63) is 10.6 Å². The van der Waals surface area contributed by atoms with Gasteiger partial charge in [-0.3, -0.25) is 0 Å². The van der Waals surface area contributed by atoms with Crippen LogP contribution in [0.4, 0.5) is 5.13 Å². The second-order valence-corrected chi connectivity index (χ2v) is 5.44. The Hall–Kier alpha value is -0.650. The summed E-state index contributed by atoms with van der Waals surface area (Å²) < 4.78 is 5.35. The molecule has 0 atom stereocenters. The number of nitrogens with two attached hydrogens (primary N) is 1. The van der Waals surface area contributed by atoms with Gasteiger partial charge in [0.2, 0.25) is 0 Å². The summed E-state index contributed by atoms with van der Waals surface area (Å²) in [5.41, 5.74) is 7.06. The fraction of sp³-hybridized carbons (Fsp3) is 0.727. The standard InChI is InChI=1S/C11H17N3OS/c12-7-9-10(8-1-2-8)13-11(16-9)14-3-5-15-6-4-14/h8H,1-7,12H2. The van der Waals surface area contributed by atoms with Crippen LogP contribution in [0.5, 0.6) is 0 Å². The zero-order valence-corrected chi connectivity index (χ0v) is 10.1. The molecule has 1 aliphatic heterocycles. The van der Waals surface area contributed by atoms with Crippen LogP contribution >= 0.6 is 11.3 Å². The predicted molar refractivity (Wildman–Crippen MR) is 65.0 cm³/mol. The molecule has 2 fully saturated rings. The number of morpholine rings is 1. The normalized spacial score (nSPS) is 21.4. The van der Waals surface area contributed by atoms with Gasteiger partial charge in [-0.1, -0.05) is 0 Å². The molecule has 3 rings (SSSR count). The number of thiazole rings is 1. The van der Waals surface area contributed by atoms with E-state index in [1.165, 1.54) is 23.4 Å². The molecule has 88 valence electrons. The monoisotopic (exact) mass is 239 g/mol. The molecule has 4 nitrogen and oxygen atoms in total. The van der Waals surface area contributed by atoms with Gasteiger partial charge >= 0.3 is 0 Å². The van der Waals surface area contributed by atoms with E-state index < -0.39 is 0 Å². The Bertz CT molecular complexity index is 369. The van der Waals surface area contributed by atoms with Gasteiger partial charge in [0, 0.05) is 30.4 Å². The van der Waals surface area contributed by atoms with Gasteiger partial charge in [0.25, 0.3) is 0 Å². The molecule has 2 aliphatic rings. The summed E-state index contributed by atoms with van der Waals surface area (Å²) in [5.74, 6) is 0.699. The van der Waals surface area contributed by atoms with E-state index in [1.54, 1.807) is 11.3 Å². The van der Waals surface area contributed by atoms with Crippen molar-refractivity contribution in [2.75, 3.05) is 31.2 Å². The minimum atomic E-state index is 0.633. The van der Waals surface area contributed by atoms with E-state index in [2.05, 4.69) is 4.90 Å². The molecule has 0 aromatic carbocycles. The van der Waals surface area contributed by atoms with Gasteiger partial charge < -0.3 is 15.4 Å². The third-order valence-electron chi connectivity index (χ3n) is 3.15. The third-order valence-corrected chi connectivity index (χ3v) is 4.30. The highest BCUT2D eigenvalue weighted by atomic mass is 32.1. The number of ether oxygens (including phenoxy) is 1. The first kappa shape index (κ1) is 10.5. The molecule has 0 spiro atoms. The van der Waals surface area contributed by atoms with E-state index in [9.17, 15) is 0 Å². The minimum Gasteiger partial charge on any atom is -0.378 e. The highest BCUT2D eigenvalue weighted by molar-refractivity contribution is 7.15. The molecule has 2 N–H and O–H groups in total. The SMILES string of the molecule is NCc1sc(N2CCOCC2)nc1C1CC1. The van der Waals surface area contributed by atoms with E-state index in [0.29, 0.717) is 12.5 Å². The van der Waals surface area contributed by atoms with E-state index in [0.717, 1.165) is 31.4 Å². The van der Waals surface area contributed by atoms with Crippen LogP contribution < -0.4 is 10.6 Å². The van der Waals surface area contributed by atoms with Crippen molar-refractivity contribution in [1.29, 1.82) is 0 Å². The molecule has 1 saturated heterocycles. The fourth-order valence-corrected chi connectivity index (χ4v) is 3.14. The Labute approximate surface area is 99.4 Å². The lowest BCUT2D eigenvalue weighted by molar-refractivity contribution is 0.122. The Kier molecular flexibility index (Phi) is 2.83. The summed E-state index contributed by atoms with van der Waals surface area (Å²) in [6.45, 7) is 4.18. The smallest absolute Gasteiger partial charge is 0.185 e. The molecular formula is C11H17N3OS. The first-order chi connectivity index (χ1) is 7.88. The van der Waals surface area contributed by atoms with Crippen LogP contribution in [0.25, 0.3) is 0 Å². The topological polar surface area (TPSA) is 51.4 Å². The summed E-state index contributed by atoms with van der Waals surface area (Å²) in [6, 6.07) is 0. The number of anilines is 1. The van der Waals surface area contributed by atoms with Crippen molar-refractivity contribution in [2.24, 2.45) is 5.73 Å². The lowest BCUT2D eigenvalue weighted by atomic mass is 10.2. The van der Waals surface area contributed by atoms with Gasteiger partial charge in [-0.15, -0.1) is 11.3 Å². The van der Waals surface area contributed by atoms with Crippen LogP contribution in [0, 0.1) is 0 Å². The molecular weight excluding hydrogens is 222 g/mol. The molecule has 0 amide bonds. The van der Waals surface area contributed by atoms with Crippen molar-refractivity contribution in [1.82, 2.24) is 4.98 Å². The number of nitrogens with zero attached hydrogens (tertiary/aromatic N) is 2. The van der Waals surface area contributed by atoms with Crippen LogP contribution in [0.15, 0.2) is 0 Å². The maximum atomic E-state index is 5.79. The first-order valence-corrected chi connectivity index (χ1v) is 6.72. The summed E-state index contributed by atoms with van der Waals surface area (Å²) in [4.78, 5) is 8.38. The van der Waals surface area contributed by atoms with Gasteiger partial charge in [-0.2, -0.15) is 0 Å². The first-order valence-electron chi connectivity index (χ1n) is 5.91. The average molecular weight is 239 g/mol. The fourth-order valence-electron chi connectivity index (χ4n) is 2.06. The van der Waals surface area contributed by atoms with Crippen LogP contribution in [0.3, 0.4) is 0 Å². The Morgan fingerprint density at radius 1 is 1.38 bits per heavy atom. The van der Waals surface area contributed by atoms with Crippen molar-refractivity contribution in [3.63, 3.8) is 0 Å². The summed E-state index contributed by atoms with van der Waals surface area (Å²) in [6.07, 6.45) is 2.58. The van der Waals surface area contributed by atoms with Gasteiger partial charge in [0.15, 0.2) is 5.13 Å². The van der Waals surface area contributed by atoms with Crippen molar-refractivity contribution < 1.29 is 4.74 Å². The molecule has 0 bridgehead atoms. The average Bonchev–Trinajstić information content (AvgIpc) is 3.10. The second-order valence-electron chi connectivity index (χ2n) is 4.38. The van der Waals surface area contributed by atoms with Crippen molar-refractivity contribution in [2.45, 2.75) is 25.3 Å². The van der Waals surface area contributed by atoms with E-state index in [4.69, 9.17) is 15.5 Å². The maximum absolute atomic E-state index is 5.79. The second kappa shape index (κ2) is 4.31. The quantitative estimate of drug-likeness (QED) is 0.864. The number of hydrogen-bond acceptors (Lipinski definition) is 5. The number of hydrogen-bond donors (Lipinski definition) is 1. The molecule has 2 heterocycles. The zero-order chi connectivity index (χ0) is 11.0. The van der Waals surface area contributed by atoms with Crippen LogP contribution in [-0.2, 0) is 11.3 Å². The Morgan fingerprint density at radius 2 is 2.12 bits per heavy atom. The Balaban J connectivity index is 1.83. The van der Waals surface area contributed by atoms with Gasteiger partial charge in [0.1, 0.15) is 0 Å². The molecule has 1 aromatic heterocycles. The maximum Gasteiger partial charge on any atom is 0.185 e. The number of rotatable bonds is 3.